The van der Waals surface area contributed by atoms with Crippen LogP contribution in [0, 0.1) is 29.6 Å². The number of amides is 1. The predicted octanol–water partition coefficient (Wildman–Crippen LogP) is 3.38. The molecule has 0 aliphatic heterocycles. The lowest BCUT2D eigenvalue weighted by Crippen LogP contribution is -2.20. The Morgan fingerprint density at radius 2 is 1.86 bits per heavy atom. The molecule has 1 aromatic rings. The van der Waals surface area contributed by atoms with Crippen molar-refractivity contribution in [2.24, 2.45) is 29.6 Å². The zero-order valence-corrected chi connectivity index (χ0v) is 13.0. The highest BCUT2D eigenvalue weighted by atomic mass is 79.9. The summed E-state index contributed by atoms with van der Waals surface area (Å²) in [4.78, 5) is 23.7. The van der Waals surface area contributed by atoms with Crippen LogP contribution in [-0.2, 0) is 4.79 Å². The van der Waals surface area contributed by atoms with Gasteiger partial charge in [-0.25, -0.2) is 4.79 Å². The van der Waals surface area contributed by atoms with E-state index in [4.69, 9.17) is 0 Å². The van der Waals surface area contributed by atoms with Gasteiger partial charge in [0.15, 0.2) is 0 Å². The average Bonchev–Trinajstić information content (AvgIpc) is 2.88. The molecule has 0 heterocycles. The number of carbonyl (C=O) groups excluding carboxylic acids is 1. The molecule has 0 saturated heterocycles. The van der Waals surface area contributed by atoms with Crippen molar-refractivity contribution in [3.8, 4) is 0 Å². The van der Waals surface area contributed by atoms with Crippen LogP contribution in [0.5, 0.6) is 0 Å². The molecule has 3 fully saturated rings. The number of nitrogens with one attached hydrogen (secondary N) is 1. The number of carboxylic acid groups (broad SMARTS) is 1. The van der Waals surface area contributed by atoms with Crippen LogP contribution in [0.25, 0.3) is 0 Å². The number of fused-ring (bicyclic) bond motifs is 5. The molecule has 1 aromatic carbocycles. The lowest BCUT2D eigenvalue weighted by Gasteiger charge is -2.12. The monoisotopic (exact) mass is 349 g/mol. The average molecular weight is 350 g/mol. The molecular formula is C16H16BrNO3. The Bertz CT molecular complexity index is 628. The van der Waals surface area contributed by atoms with Gasteiger partial charge >= 0.3 is 5.97 Å². The Hall–Kier alpha value is -1.36. The number of carboxylic acids is 1. The van der Waals surface area contributed by atoms with E-state index in [-0.39, 0.29) is 17.4 Å². The molecule has 110 valence electrons. The lowest BCUT2D eigenvalue weighted by molar-refractivity contribution is -0.118. The van der Waals surface area contributed by atoms with Gasteiger partial charge in [0.2, 0.25) is 5.91 Å². The molecule has 3 aliphatic carbocycles. The summed E-state index contributed by atoms with van der Waals surface area (Å²) in [5.74, 6) is 1.68. The van der Waals surface area contributed by atoms with Crippen LogP contribution in [0.4, 0.5) is 5.69 Å². The SMILES string of the molecule is O=C(O)c1ccc(Br)cc1NC(=O)C1C2C3CCC(C3)C12. The van der Waals surface area contributed by atoms with Gasteiger partial charge in [0, 0.05) is 10.4 Å². The van der Waals surface area contributed by atoms with Gasteiger partial charge in [-0.3, -0.25) is 4.79 Å². The van der Waals surface area contributed by atoms with E-state index in [2.05, 4.69) is 21.2 Å². The van der Waals surface area contributed by atoms with Gasteiger partial charge in [-0.2, -0.15) is 0 Å². The summed E-state index contributed by atoms with van der Waals surface area (Å²) in [7, 11) is 0. The Morgan fingerprint density at radius 1 is 1.19 bits per heavy atom. The van der Waals surface area contributed by atoms with E-state index in [0.29, 0.717) is 17.5 Å². The molecule has 21 heavy (non-hydrogen) atoms. The van der Waals surface area contributed by atoms with E-state index in [1.807, 2.05) is 0 Å². The molecule has 0 aromatic heterocycles. The number of halogens is 1. The first-order chi connectivity index (χ1) is 10.1. The molecule has 2 bridgehead atoms. The first-order valence-electron chi connectivity index (χ1n) is 7.40. The van der Waals surface area contributed by atoms with Crippen molar-refractivity contribution in [2.75, 3.05) is 5.32 Å². The van der Waals surface area contributed by atoms with Crippen LogP contribution in [-0.4, -0.2) is 17.0 Å². The zero-order valence-electron chi connectivity index (χ0n) is 11.4. The van der Waals surface area contributed by atoms with Crippen molar-refractivity contribution in [1.29, 1.82) is 0 Å². The van der Waals surface area contributed by atoms with Crippen molar-refractivity contribution in [2.45, 2.75) is 19.3 Å². The summed E-state index contributed by atoms with van der Waals surface area (Å²) in [6, 6.07) is 4.85. The van der Waals surface area contributed by atoms with E-state index < -0.39 is 5.97 Å². The van der Waals surface area contributed by atoms with Crippen LogP contribution in [0.15, 0.2) is 22.7 Å². The van der Waals surface area contributed by atoms with Crippen LogP contribution in [0.2, 0.25) is 0 Å². The van der Waals surface area contributed by atoms with Crippen molar-refractivity contribution in [3.63, 3.8) is 0 Å². The summed E-state index contributed by atoms with van der Waals surface area (Å²) in [6.07, 6.45) is 3.84. The second kappa shape index (κ2) is 4.57. The number of benzene rings is 1. The Labute approximate surface area is 131 Å². The number of aromatic carboxylic acids is 1. The molecule has 5 heteroatoms. The summed E-state index contributed by atoms with van der Waals surface area (Å²) in [6.45, 7) is 0. The zero-order chi connectivity index (χ0) is 14.7. The van der Waals surface area contributed by atoms with Crippen molar-refractivity contribution in [1.82, 2.24) is 0 Å². The molecule has 0 radical (unpaired) electrons. The van der Waals surface area contributed by atoms with Crippen LogP contribution < -0.4 is 5.32 Å². The third-order valence-corrected chi connectivity index (χ3v) is 6.00. The van der Waals surface area contributed by atoms with Crippen LogP contribution in [0.3, 0.4) is 0 Å². The van der Waals surface area contributed by atoms with Gasteiger partial charge in [-0.15, -0.1) is 0 Å². The minimum Gasteiger partial charge on any atom is -0.478 e. The minimum atomic E-state index is -1.02. The molecule has 3 saturated carbocycles. The fourth-order valence-electron chi connectivity index (χ4n) is 4.70. The van der Waals surface area contributed by atoms with Gasteiger partial charge in [0.05, 0.1) is 11.3 Å². The Balaban J connectivity index is 1.53. The molecule has 4 atom stereocenters. The van der Waals surface area contributed by atoms with E-state index in [1.165, 1.54) is 25.3 Å². The molecule has 4 unspecified atom stereocenters. The summed E-state index contributed by atoms with van der Waals surface area (Å²) in [5, 5.41) is 12.1. The highest BCUT2D eigenvalue weighted by molar-refractivity contribution is 9.10. The van der Waals surface area contributed by atoms with Crippen molar-refractivity contribution >= 4 is 33.5 Å². The first kappa shape index (κ1) is 13.3. The van der Waals surface area contributed by atoms with Gasteiger partial charge in [0.25, 0.3) is 0 Å². The second-order valence-corrected chi connectivity index (χ2v) is 7.41. The van der Waals surface area contributed by atoms with Crippen LogP contribution >= 0.6 is 15.9 Å². The van der Waals surface area contributed by atoms with Gasteiger partial charge < -0.3 is 10.4 Å². The quantitative estimate of drug-likeness (QED) is 0.878. The lowest BCUT2D eigenvalue weighted by atomic mass is 10.0. The smallest absolute Gasteiger partial charge is 0.337 e. The summed E-state index contributed by atoms with van der Waals surface area (Å²) >= 11 is 3.32. The Morgan fingerprint density at radius 3 is 2.48 bits per heavy atom. The molecule has 2 N–H and O–H groups in total. The third kappa shape index (κ3) is 2.01. The molecule has 4 rings (SSSR count). The number of hydrogen-bond acceptors (Lipinski definition) is 2. The van der Waals surface area contributed by atoms with Gasteiger partial charge in [0.1, 0.15) is 0 Å². The van der Waals surface area contributed by atoms with Gasteiger partial charge in [-0.05, 0) is 61.1 Å². The predicted molar refractivity (Wildman–Crippen MR) is 81.0 cm³/mol. The van der Waals surface area contributed by atoms with E-state index in [0.717, 1.165) is 16.3 Å². The third-order valence-electron chi connectivity index (χ3n) is 5.51. The number of rotatable bonds is 3. The maximum Gasteiger partial charge on any atom is 0.337 e. The topological polar surface area (TPSA) is 66.4 Å². The van der Waals surface area contributed by atoms with Crippen molar-refractivity contribution < 1.29 is 14.7 Å². The number of carbonyl (C=O) groups is 2. The molecule has 3 aliphatic rings. The fraction of sp³-hybridized carbons (Fsp3) is 0.500. The maximum atomic E-state index is 12.5. The minimum absolute atomic E-state index is 0.00204. The highest BCUT2D eigenvalue weighted by Crippen LogP contribution is 2.69. The van der Waals surface area contributed by atoms with Gasteiger partial charge in [-0.1, -0.05) is 15.9 Å². The molecular weight excluding hydrogens is 334 g/mol. The van der Waals surface area contributed by atoms with E-state index in [1.54, 1.807) is 12.1 Å². The standard InChI is InChI=1S/C16H16BrNO3/c17-9-3-4-10(16(20)21)11(6-9)18-15(19)14-12-7-1-2-8(5-7)13(12)14/h3-4,6-8,12-14H,1-2,5H2,(H,18,19)(H,20,21). The summed E-state index contributed by atoms with van der Waals surface area (Å²) in [5.41, 5.74) is 0.527. The molecule has 4 nitrogen and oxygen atoms in total. The Kier molecular flexibility index (Phi) is 2.89. The van der Waals surface area contributed by atoms with Crippen molar-refractivity contribution in [3.05, 3.63) is 28.2 Å². The van der Waals surface area contributed by atoms with E-state index in [9.17, 15) is 14.7 Å². The van der Waals surface area contributed by atoms with Crippen LogP contribution in [0.1, 0.15) is 29.6 Å². The molecule has 1 amide bonds. The normalized spacial score (nSPS) is 35.4. The first-order valence-corrected chi connectivity index (χ1v) is 8.19. The second-order valence-electron chi connectivity index (χ2n) is 6.50. The van der Waals surface area contributed by atoms with E-state index >= 15 is 0 Å². The highest BCUT2D eigenvalue weighted by Gasteiger charge is 2.67. The maximum absolute atomic E-state index is 12.5. The fourth-order valence-corrected chi connectivity index (χ4v) is 5.06. The largest absolute Gasteiger partial charge is 0.478 e. The number of hydrogen-bond donors (Lipinski definition) is 2. The number of anilines is 1. The summed E-state index contributed by atoms with van der Waals surface area (Å²) < 4.78 is 0.763. The molecule has 0 spiro atoms.